The van der Waals surface area contributed by atoms with Crippen LogP contribution < -0.4 is 5.73 Å². The van der Waals surface area contributed by atoms with Gasteiger partial charge in [-0.05, 0) is 19.0 Å². The summed E-state index contributed by atoms with van der Waals surface area (Å²) >= 11 is 0. The topological polar surface area (TPSA) is 26.0 Å². The molecular formula is C8H18ClN. The molecule has 0 bridgehead atoms. The van der Waals surface area contributed by atoms with E-state index in [2.05, 4.69) is 13.8 Å². The summed E-state index contributed by atoms with van der Waals surface area (Å²) in [6.45, 7) is 4.36. The van der Waals surface area contributed by atoms with E-state index in [9.17, 15) is 0 Å². The van der Waals surface area contributed by atoms with Gasteiger partial charge in [-0.1, -0.05) is 32.3 Å². The molecule has 0 unspecified atom stereocenters. The van der Waals surface area contributed by atoms with Gasteiger partial charge in [0.15, 0.2) is 0 Å². The fraction of sp³-hybridized carbons (Fsp3) is 0.750. The molecule has 0 aromatic heterocycles. The van der Waals surface area contributed by atoms with Crippen molar-refractivity contribution >= 4 is 12.4 Å². The maximum Gasteiger partial charge on any atom is -0.00705 e. The van der Waals surface area contributed by atoms with Crippen LogP contribution >= 0.6 is 12.4 Å². The van der Waals surface area contributed by atoms with Crippen molar-refractivity contribution in [1.29, 1.82) is 0 Å². The lowest BCUT2D eigenvalue weighted by Crippen LogP contribution is -1.88. The van der Waals surface area contributed by atoms with Crippen molar-refractivity contribution in [2.75, 3.05) is 0 Å². The summed E-state index contributed by atoms with van der Waals surface area (Å²) in [5.74, 6) is 0. The van der Waals surface area contributed by atoms with E-state index in [1.165, 1.54) is 31.3 Å². The Morgan fingerprint density at radius 2 is 1.60 bits per heavy atom. The monoisotopic (exact) mass is 163 g/mol. The normalized spacial score (nSPS) is 8.20. The summed E-state index contributed by atoms with van der Waals surface area (Å²) < 4.78 is 0. The summed E-state index contributed by atoms with van der Waals surface area (Å²) in [5, 5.41) is 0. The van der Waals surface area contributed by atoms with Crippen LogP contribution in [0.3, 0.4) is 0 Å². The molecule has 0 aliphatic heterocycles. The van der Waals surface area contributed by atoms with Gasteiger partial charge in [0.1, 0.15) is 0 Å². The number of rotatable bonds is 4. The van der Waals surface area contributed by atoms with Crippen LogP contribution in [0.15, 0.2) is 11.8 Å². The fourth-order valence-electron chi connectivity index (χ4n) is 0.934. The van der Waals surface area contributed by atoms with Crippen LogP contribution in [0.1, 0.15) is 39.5 Å². The van der Waals surface area contributed by atoms with Crippen LogP contribution in [0.2, 0.25) is 0 Å². The highest BCUT2D eigenvalue weighted by Gasteiger charge is 1.90. The molecule has 0 heterocycles. The molecule has 0 aliphatic rings. The standard InChI is InChI=1S/C8H17N.ClH/c1-3-5-8(7-9)6-4-2;/h7H,3-6,9H2,1-2H3;1H. The third-order valence-corrected chi connectivity index (χ3v) is 1.38. The molecule has 2 N–H and O–H groups in total. The van der Waals surface area contributed by atoms with Crippen molar-refractivity contribution < 1.29 is 0 Å². The van der Waals surface area contributed by atoms with Crippen molar-refractivity contribution in [2.24, 2.45) is 5.73 Å². The van der Waals surface area contributed by atoms with Gasteiger partial charge in [-0.25, -0.2) is 0 Å². The molecule has 1 nitrogen and oxygen atoms in total. The van der Waals surface area contributed by atoms with Crippen LogP contribution in [0.25, 0.3) is 0 Å². The maximum absolute atomic E-state index is 5.38. The summed E-state index contributed by atoms with van der Waals surface area (Å²) in [6.07, 6.45) is 6.52. The van der Waals surface area contributed by atoms with E-state index < -0.39 is 0 Å². The van der Waals surface area contributed by atoms with Crippen LogP contribution in [0.4, 0.5) is 0 Å². The number of hydrogen-bond acceptors (Lipinski definition) is 1. The molecule has 10 heavy (non-hydrogen) atoms. The van der Waals surface area contributed by atoms with E-state index in [1.54, 1.807) is 6.20 Å². The van der Waals surface area contributed by atoms with Crippen molar-refractivity contribution in [3.63, 3.8) is 0 Å². The predicted octanol–water partition coefficient (Wildman–Crippen LogP) is 2.85. The molecule has 0 saturated heterocycles. The summed E-state index contributed by atoms with van der Waals surface area (Å²) in [5.41, 5.74) is 6.79. The Morgan fingerprint density at radius 1 is 1.20 bits per heavy atom. The van der Waals surface area contributed by atoms with Crippen molar-refractivity contribution in [3.05, 3.63) is 11.8 Å². The molecule has 0 fully saturated rings. The fourth-order valence-corrected chi connectivity index (χ4v) is 0.934. The number of halogens is 1. The van der Waals surface area contributed by atoms with E-state index in [1.807, 2.05) is 0 Å². The first-order valence-corrected chi connectivity index (χ1v) is 3.74. The van der Waals surface area contributed by atoms with Gasteiger partial charge in [0.05, 0.1) is 0 Å². The number of hydrogen-bond donors (Lipinski definition) is 1. The quantitative estimate of drug-likeness (QED) is 0.678. The highest BCUT2D eigenvalue weighted by molar-refractivity contribution is 5.85. The van der Waals surface area contributed by atoms with E-state index in [0.29, 0.717) is 0 Å². The van der Waals surface area contributed by atoms with Crippen LogP contribution in [0, 0.1) is 0 Å². The minimum atomic E-state index is 0. The molecule has 62 valence electrons. The predicted molar refractivity (Wildman–Crippen MR) is 49.3 cm³/mol. The molecule has 0 amide bonds. The van der Waals surface area contributed by atoms with Gasteiger partial charge in [-0.15, -0.1) is 12.4 Å². The Hall–Kier alpha value is -0.170. The second kappa shape index (κ2) is 8.83. The molecular weight excluding hydrogens is 146 g/mol. The van der Waals surface area contributed by atoms with E-state index in [-0.39, 0.29) is 12.4 Å². The number of nitrogens with two attached hydrogens (primary N) is 1. The Balaban J connectivity index is 0. The van der Waals surface area contributed by atoms with Crippen LogP contribution in [-0.4, -0.2) is 0 Å². The number of allylic oxidation sites excluding steroid dienone is 1. The van der Waals surface area contributed by atoms with Gasteiger partial charge < -0.3 is 5.73 Å². The van der Waals surface area contributed by atoms with E-state index in [0.717, 1.165) is 0 Å². The van der Waals surface area contributed by atoms with Crippen molar-refractivity contribution in [2.45, 2.75) is 39.5 Å². The molecule has 0 radical (unpaired) electrons. The molecule has 0 rings (SSSR count). The molecule has 0 aromatic carbocycles. The largest absolute Gasteiger partial charge is 0.405 e. The molecule has 0 spiro atoms. The second-order valence-corrected chi connectivity index (χ2v) is 2.32. The first-order valence-electron chi connectivity index (χ1n) is 3.74. The Morgan fingerprint density at radius 3 is 1.80 bits per heavy atom. The Kier molecular flexibility index (Phi) is 11.0. The summed E-state index contributed by atoms with van der Waals surface area (Å²) in [4.78, 5) is 0. The molecule has 2 heteroatoms. The minimum Gasteiger partial charge on any atom is -0.405 e. The zero-order valence-corrected chi connectivity index (χ0v) is 7.71. The van der Waals surface area contributed by atoms with E-state index >= 15 is 0 Å². The maximum atomic E-state index is 5.38. The third kappa shape index (κ3) is 5.96. The van der Waals surface area contributed by atoms with Gasteiger partial charge in [0.2, 0.25) is 0 Å². The van der Waals surface area contributed by atoms with Gasteiger partial charge in [0, 0.05) is 0 Å². The zero-order valence-electron chi connectivity index (χ0n) is 6.89. The first kappa shape index (κ1) is 12.5. The lowest BCUT2D eigenvalue weighted by molar-refractivity contribution is 0.799. The summed E-state index contributed by atoms with van der Waals surface area (Å²) in [6, 6.07) is 0. The smallest absolute Gasteiger partial charge is 0.00705 e. The van der Waals surface area contributed by atoms with Crippen LogP contribution in [0.5, 0.6) is 0 Å². The summed E-state index contributed by atoms with van der Waals surface area (Å²) in [7, 11) is 0. The lowest BCUT2D eigenvalue weighted by atomic mass is 10.1. The first-order chi connectivity index (χ1) is 4.35. The second-order valence-electron chi connectivity index (χ2n) is 2.32. The zero-order chi connectivity index (χ0) is 7.11. The molecule has 0 aromatic rings. The molecule has 0 aliphatic carbocycles. The minimum absolute atomic E-state index is 0. The highest BCUT2D eigenvalue weighted by atomic mass is 35.5. The SMILES string of the molecule is CCCC(=CN)CCC.Cl. The molecule has 0 atom stereocenters. The average Bonchev–Trinajstić information content (AvgIpc) is 1.88. The highest BCUT2D eigenvalue weighted by Crippen LogP contribution is 2.09. The van der Waals surface area contributed by atoms with E-state index in [4.69, 9.17) is 5.73 Å². The Labute approximate surface area is 70.1 Å². The van der Waals surface area contributed by atoms with Gasteiger partial charge in [-0.3, -0.25) is 0 Å². The van der Waals surface area contributed by atoms with Crippen molar-refractivity contribution in [3.8, 4) is 0 Å². The Bertz CT molecular complexity index is 81.3. The van der Waals surface area contributed by atoms with Gasteiger partial charge >= 0.3 is 0 Å². The average molecular weight is 164 g/mol. The third-order valence-electron chi connectivity index (χ3n) is 1.38. The lowest BCUT2D eigenvalue weighted by Gasteiger charge is -2.00. The molecule has 0 saturated carbocycles. The van der Waals surface area contributed by atoms with Gasteiger partial charge in [-0.2, -0.15) is 0 Å². The van der Waals surface area contributed by atoms with Crippen LogP contribution in [-0.2, 0) is 0 Å². The van der Waals surface area contributed by atoms with Gasteiger partial charge in [0.25, 0.3) is 0 Å². The van der Waals surface area contributed by atoms with Crippen molar-refractivity contribution in [1.82, 2.24) is 0 Å².